The molecule has 0 atom stereocenters. The normalized spacial score (nSPS) is 10.4. The first-order chi connectivity index (χ1) is 10.8. The molecular formula is C19H23NO2. The van der Waals surface area contributed by atoms with Gasteiger partial charge in [-0.05, 0) is 36.1 Å². The highest BCUT2D eigenvalue weighted by Crippen LogP contribution is 2.22. The van der Waals surface area contributed by atoms with Crippen LogP contribution in [0.3, 0.4) is 0 Å². The first-order valence-corrected chi connectivity index (χ1v) is 7.86. The Bertz CT molecular complexity index is 581. The Labute approximate surface area is 132 Å². The maximum atomic E-state index is 11.9. The van der Waals surface area contributed by atoms with Crippen molar-refractivity contribution in [3.8, 4) is 11.1 Å². The molecule has 0 aliphatic rings. The molecule has 2 rings (SSSR count). The van der Waals surface area contributed by atoms with Crippen LogP contribution in [0.5, 0.6) is 0 Å². The Kier molecular flexibility index (Phi) is 6.65. The second-order valence-electron chi connectivity index (χ2n) is 5.38. The number of nitrogens with one attached hydrogen (secondary N) is 1. The van der Waals surface area contributed by atoms with E-state index in [2.05, 4.69) is 17.4 Å². The van der Waals surface area contributed by atoms with Crippen molar-refractivity contribution in [1.82, 2.24) is 0 Å². The predicted octanol–water partition coefficient (Wildman–Crippen LogP) is 4.23. The van der Waals surface area contributed by atoms with Crippen molar-refractivity contribution < 1.29 is 9.90 Å². The smallest absolute Gasteiger partial charge is 0.224 e. The van der Waals surface area contributed by atoms with Crippen molar-refractivity contribution in [3.05, 3.63) is 54.6 Å². The van der Waals surface area contributed by atoms with Crippen molar-refractivity contribution in [3.63, 3.8) is 0 Å². The van der Waals surface area contributed by atoms with E-state index in [0.29, 0.717) is 6.42 Å². The lowest BCUT2D eigenvalue weighted by molar-refractivity contribution is -0.116. The number of anilines is 1. The molecule has 2 aromatic carbocycles. The summed E-state index contributed by atoms with van der Waals surface area (Å²) in [6, 6.07) is 18.0. The Hall–Kier alpha value is -2.13. The van der Waals surface area contributed by atoms with Crippen LogP contribution in [0, 0.1) is 0 Å². The van der Waals surface area contributed by atoms with Crippen molar-refractivity contribution in [2.45, 2.75) is 32.1 Å². The molecule has 3 nitrogen and oxygen atoms in total. The molecule has 2 aromatic rings. The summed E-state index contributed by atoms with van der Waals surface area (Å²) in [5.74, 6) is 0.0502. The van der Waals surface area contributed by atoms with Crippen LogP contribution in [-0.2, 0) is 4.79 Å². The van der Waals surface area contributed by atoms with E-state index in [9.17, 15) is 4.79 Å². The van der Waals surface area contributed by atoms with Gasteiger partial charge < -0.3 is 10.4 Å². The van der Waals surface area contributed by atoms with E-state index in [0.717, 1.165) is 42.5 Å². The fraction of sp³-hybridized carbons (Fsp3) is 0.316. The third kappa shape index (κ3) is 5.34. The first kappa shape index (κ1) is 16.2. The Balaban J connectivity index is 1.86. The monoisotopic (exact) mass is 297 g/mol. The van der Waals surface area contributed by atoms with Crippen molar-refractivity contribution in [2.75, 3.05) is 11.9 Å². The molecule has 0 bridgehead atoms. The van der Waals surface area contributed by atoms with Crippen molar-refractivity contribution in [1.29, 1.82) is 0 Å². The van der Waals surface area contributed by atoms with Crippen LogP contribution in [0.4, 0.5) is 5.69 Å². The van der Waals surface area contributed by atoms with E-state index >= 15 is 0 Å². The minimum atomic E-state index is 0.0502. The number of hydrogen-bond acceptors (Lipinski definition) is 2. The summed E-state index contributed by atoms with van der Waals surface area (Å²) in [5, 5.41) is 11.7. The molecule has 2 N–H and O–H groups in total. The zero-order valence-corrected chi connectivity index (χ0v) is 12.8. The van der Waals surface area contributed by atoms with Gasteiger partial charge in [0.15, 0.2) is 0 Å². The summed E-state index contributed by atoms with van der Waals surface area (Å²) >= 11 is 0. The van der Waals surface area contributed by atoms with E-state index in [4.69, 9.17) is 5.11 Å². The number of amides is 1. The van der Waals surface area contributed by atoms with Crippen LogP contribution in [0.2, 0.25) is 0 Å². The summed E-state index contributed by atoms with van der Waals surface area (Å²) in [6.07, 6.45) is 4.18. The molecule has 22 heavy (non-hydrogen) atoms. The number of carbonyl (C=O) groups excluding carboxylic acids is 1. The quantitative estimate of drug-likeness (QED) is 0.716. The van der Waals surface area contributed by atoms with Gasteiger partial charge in [0.25, 0.3) is 0 Å². The number of benzene rings is 2. The number of rotatable bonds is 8. The Morgan fingerprint density at radius 2 is 1.59 bits per heavy atom. The molecule has 1 amide bonds. The highest BCUT2D eigenvalue weighted by atomic mass is 16.2. The van der Waals surface area contributed by atoms with Gasteiger partial charge in [-0.1, -0.05) is 55.3 Å². The topological polar surface area (TPSA) is 49.3 Å². The molecule has 0 heterocycles. The zero-order chi connectivity index (χ0) is 15.6. The van der Waals surface area contributed by atoms with Crippen molar-refractivity contribution >= 4 is 11.6 Å². The zero-order valence-electron chi connectivity index (χ0n) is 12.8. The predicted molar refractivity (Wildman–Crippen MR) is 90.7 cm³/mol. The van der Waals surface area contributed by atoms with Gasteiger partial charge in [-0.15, -0.1) is 0 Å². The standard InChI is InChI=1S/C19H23NO2/c21-14-7-2-1-6-13-19(22)20-18-12-8-11-17(15-18)16-9-4-3-5-10-16/h3-5,8-12,15,21H,1-2,6-7,13-14H2,(H,20,22). The van der Waals surface area contributed by atoms with Crippen LogP contribution in [0.25, 0.3) is 11.1 Å². The van der Waals surface area contributed by atoms with E-state index < -0.39 is 0 Å². The fourth-order valence-electron chi connectivity index (χ4n) is 2.38. The maximum absolute atomic E-state index is 11.9. The minimum absolute atomic E-state index is 0.0502. The van der Waals surface area contributed by atoms with Gasteiger partial charge in [-0.2, -0.15) is 0 Å². The van der Waals surface area contributed by atoms with Crippen LogP contribution >= 0.6 is 0 Å². The molecule has 0 radical (unpaired) electrons. The third-order valence-corrected chi connectivity index (χ3v) is 3.57. The molecule has 0 saturated heterocycles. The number of aliphatic hydroxyl groups is 1. The molecule has 0 saturated carbocycles. The van der Waals surface area contributed by atoms with Crippen LogP contribution < -0.4 is 5.32 Å². The Morgan fingerprint density at radius 3 is 2.36 bits per heavy atom. The largest absolute Gasteiger partial charge is 0.396 e. The van der Waals surface area contributed by atoms with Gasteiger partial charge >= 0.3 is 0 Å². The molecule has 0 aromatic heterocycles. The minimum Gasteiger partial charge on any atom is -0.396 e. The Morgan fingerprint density at radius 1 is 0.864 bits per heavy atom. The summed E-state index contributed by atoms with van der Waals surface area (Å²) < 4.78 is 0. The van der Waals surface area contributed by atoms with Gasteiger partial charge in [0, 0.05) is 18.7 Å². The summed E-state index contributed by atoms with van der Waals surface area (Å²) in [5.41, 5.74) is 3.07. The molecule has 116 valence electrons. The lowest BCUT2D eigenvalue weighted by Gasteiger charge is -2.08. The van der Waals surface area contributed by atoms with E-state index in [1.165, 1.54) is 0 Å². The number of unbranched alkanes of at least 4 members (excludes halogenated alkanes) is 3. The van der Waals surface area contributed by atoms with Gasteiger partial charge in [0.2, 0.25) is 5.91 Å². The van der Waals surface area contributed by atoms with E-state index in [1.54, 1.807) is 0 Å². The SMILES string of the molecule is O=C(CCCCCCO)Nc1cccc(-c2ccccc2)c1. The van der Waals surface area contributed by atoms with Gasteiger partial charge in [0.05, 0.1) is 0 Å². The van der Waals surface area contributed by atoms with E-state index in [1.807, 2.05) is 42.5 Å². The van der Waals surface area contributed by atoms with Crippen molar-refractivity contribution in [2.24, 2.45) is 0 Å². The average molecular weight is 297 g/mol. The lowest BCUT2D eigenvalue weighted by atomic mass is 10.1. The molecule has 0 spiro atoms. The van der Waals surface area contributed by atoms with Gasteiger partial charge in [-0.3, -0.25) is 4.79 Å². The number of carbonyl (C=O) groups is 1. The first-order valence-electron chi connectivity index (χ1n) is 7.86. The lowest BCUT2D eigenvalue weighted by Crippen LogP contribution is -2.11. The summed E-state index contributed by atoms with van der Waals surface area (Å²) in [6.45, 7) is 0.235. The second-order valence-corrected chi connectivity index (χ2v) is 5.38. The molecular weight excluding hydrogens is 274 g/mol. The highest BCUT2D eigenvalue weighted by molar-refractivity contribution is 5.91. The highest BCUT2D eigenvalue weighted by Gasteiger charge is 2.04. The molecule has 3 heteroatoms. The maximum Gasteiger partial charge on any atom is 0.224 e. The number of aliphatic hydroxyl groups excluding tert-OH is 1. The fourth-order valence-corrected chi connectivity index (χ4v) is 2.38. The second kappa shape index (κ2) is 9.00. The van der Waals surface area contributed by atoms with Crippen LogP contribution in [0.1, 0.15) is 32.1 Å². The average Bonchev–Trinajstić information content (AvgIpc) is 2.56. The van der Waals surface area contributed by atoms with E-state index in [-0.39, 0.29) is 12.5 Å². The summed E-state index contributed by atoms with van der Waals surface area (Å²) in [7, 11) is 0. The van der Waals surface area contributed by atoms with Crippen LogP contribution in [0.15, 0.2) is 54.6 Å². The third-order valence-electron chi connectivity index (χ3n) is 3.57. The van der Waals surface area contributed by atoms with Gasteiger partial charge in [-0.25, -0.2) is 0 Å². The molecule has 0 aliphatic carbocycles. The van der Waals surface area contributed by atoms with Gasteiger partial charge in [0.1, 0.15) is 0 Å². The number of hydrogen-bond donors (Lipinski definition) is 2. The summed E-state index contributed by atoms with van der Waals surface area (Å²) in [4.78, 5) is 11.9. The van der Waals surface area contributed by atoms with Crippen LogP contribution in [-0.4, -0.2) is 17.6 Å². The molecule has 0 fully saturated rings. The molecule has 0 aliphatic heterocycles. The molecule has 0 unspecified atom stereocenters.